The summed E-state index contributed by atoms with van der Waals surface area (Å²) in [7, 11) is 0. The van der Waals surface area contributed by atoms with Crippen LogP contribution in [0.3, 0.4) is 0 Å². The van der Waals surface area contributed by atoms with E-state index in [9.17, 15) is 0 Å². The molecule has 1 aromatic heterocycles. The van der Waals surface area contributed by atoms with Crippen LogP contribution in [0.2, 0.25) is 0 Å². The first-order valence-electron chi connectivity index (χ1n) is 11.9. The number of rotatable bonds is 4. The molecule has 0 spiro atoms. The number of nitrogens with zero attached hydrogens (tertiary/aromatic N) is 2. The van der Waals surface area contributed by atoms with Gasteiger partial charge in [-0.05, 0) is 89.9 Å². The van der Waals surface area contributed by atoms with Crippen molar-refractivity contribution in [1.82, 2.24) is 9.88 Å². The number of hydrogen-bond donors (Lipinski definition) is 0. The van der Waals surface area contributed by atoms with Crippen LogP contribution in [0.15, 0.2) is 60.8 Å². The van der Waals surface area contributed by atoms with E-state index in [1.165, 1.54) is 55.5 Å². The SMILES string of the molecule is Cc1cccc(C)c1-c1ccnc2cc(C)c(-c3ccc(CN4CCOCC4)cc3)c(C)c12. The molecule has 0 saturated carbocycles. The maximum absolute atomic E-state index is 5.49. The molecule has 2 heterocycles. The number of ether oxygens (including phenoxy) is 1. The van der Waals surface area contributed by atoms with Gasteiger partial charge in [-0.15, -0.1) is 0 Å². The summed E-state index contributed by atoms with van der Waals surface area (Å²) < 4.78 is 5.49. The molecule has 0 radical (unpaired) electrons. The lowest BCUT2D eigenvalue weighted by Crippen LogP contribution is -2.35. The highest BCUT2D eigenvalue weighted by Crippen LogP contribution is 2.39. The van der Waals surface area contributed by atoms with Crippen molar-refractivity contribution in [3.05, 3.63) is 88.6 Å². The van der Waals surface area contributed by atoms with Gasteiger partial charge in [0.2, 0.25) is 0 Å². The fourth-order valence-electron chi connectivity index (χ4n) is 5.37. The van der Waals surface area contributed by atoms with Crippen molar-refractivity contribution < 1.29 is 4.74 Å². The van der Waals surface area contributed by atoms with Crippen LogP contribution in [0.25, 0.3) is 33.2 Å². The molecule has 1 aliphatic rings. The van der Waals surface area contributed by atoms with Gasteiger partial charge in [-0.25, -0.2) is 0 Å². The second kappa shape index (κ2) is 9.09. The summed E-state index contributed by atoms with van der Waals surface area (Å²) in [5.41, 5.74) is 12.8. The zero-order chi connectivity index (χ0) is 22.9. The van der Waals surface area contributed by atoms with Crippen LogP contribution in [0, 0.1) is 27.7 Å². The largest absolute Gasteiger partial charge is 0.379 e. The third kappa shape index (κ3) is 4.19. The van der Waals surface area contributed by atoms with E-state index in [4.69, 9.17) is 9.72 Å². The van der Waals surface area contributed by atoms with Crippen molar-refractivity contribution in [1.29, 1.82) is 0 Å². The van der Waals surface area contributed by atoms with Gasteiger partial charge in [0.1, 0.15) is 0 Å². The van der Waals surface area contributed by atoms with Gasteiger partial charge in [-0.2, -0.15) is 0 Å². The first-order valence-corrected chi connectivity index (χ1v) is 11.9. The second-order valence-electron chi connectivity index (χ2n) is 9.30. The lowest BCUT2D eigenvalue weighted by molar-refractivity contribution is 0.0342. The lowest BCUT2D eigenvalue weighted by Gasteiger charge is -2.26. The van der Waals surface area contributed by atoms with Crippen molar-refractivity contribution in [2.45, 2.75) is 34.2 Å². The molecule has 33 heavy (non-hydrogen) atoms. The van der Waals surface area contributed by atoms with Gasteiger partial charge in [0.05, 0.1) is 18.7 Å². The van der Waals surface area contributed by atoms with Crippen LogP contribution >= 0.6 is 0 Å². The summed E-state index contributed by atoms with van der Waals surface area (Å²) in [5, 5.41) is 1.26. The Hall–Kier alpha value is -3.01. The van der Waals surface area contributed by atoms with Crippen LogP contribution in [0.4, 0.5) is 0 Å². The Labute approximate surface area is 197 Å². The van der Waals surface area contributed by atoms with Crippen LogP contribution in [0.5, 0.6) is 0 Å². The summed E-state index contributed by atoms with van der Waals surface area (Å²) in [6.45, 7) is 13.5. The predicted octanol–water partition coefficient (Wildman–Crippen LogP) is 6.63. The highest BCUT2D eigenvalue weighted by molar-refractivity contribution is 6.02. The van der Waals surface area contributed by atoms with Crippen molar-refractivity contribution in [2.24, 2.45) is 0 Å². The van der Waals surface area contributed by atoms with E-state index < -0.39 is 0 Å². The fourth-order valence-corrected chi connectivity index (χ4v) is 5.37. The van der Waals surface area contributed by atoms with Gasteiger partial charge in [0, 0.05) is 31.2 Å². The van der Waals surface area contributed by atoms with Crippen molar-refractivity contribution >= 4 is 10.9 Å². The third-order valence-electron chi connectivity index (χ3n) is 6.98. The van der Waals surface area contributed by atoms with E-state index in [1.807, 2.05) is 6.20 Å². The summed E-state index contributed by atoms with van der Waals surface area (Å²) in [5.74, 6) is 0. The summed E-state index contributed by atoms with van der Waals surface area (Å²) >= 11 is 0. The Balaban J connectivity index is 1.59. The molecule has 0 bridgehead atoms. The fraction of sp³-hybridized carbons (Fsp3) is 0.300. The van der Waals surface area contributed by atoms with Gasteiger partial charge in [0.25, 0.3) is 0 Å². The number of aryl methyl sites for hydroxylation is 4. The molecular formula is C30H32N2O. The molecular weight excluding hydrogens is 404 g/mol. The maximum Gasteiger partial charge on any atom is 0.0713 e. The molecule has 1 saturated heterocycles. The second-order valence-corrected chi connectivity index (χ2v) is 9.30. The number of morpholine rings is 1. The lowest BCUT2D eigenvalue weighted by atomic mass is 9.87. The Bertz CT molecular complexity index is 1280. The number of hydrogen-bond acceptors (Lipinski definition) is 3. The highest BCUT2D eigenvalue weighted by atomic mass is 16.5. The molecule has 1 aliphatic heterocycles. The quantitative estimate of drug-likeness (QED) is 0.359. The zero-order valence-corrected chi connectivity index (χ0v) is 20.1. The Kier molecular flexibility index (Phi) is 6.01. The average molecular weight is 437 g/mol. The van der Waals surface area contributed by atoms with Gasteiger partial charge >= 0.3 is 0 Å². The van der Waals surface area contributed by atoms with Crippen LogP contribution in [-0.2, 0) is 11.3 Å². The molecule has 3 nitrogen and oxygen atoms in total. The van der Waals surface area contributed by atoms with E-state index >= 15 is 0 Å². The number of fused-ring (bicyclic) bond motifs is 1. The predicted molar refractivity (Wildman–Crippen MR) is 138 cm³/mol. The van der Waals surface area contributed by atoms with E-state index in [2.05, 4.69) is 87.2 Å². The average Bonchev–Trinajstić information content (AvgIpc) is 2.80. The van der Waals surface area contributed by atoms with Gasteiger partial charge in [-0.3, -0.25) is 9.88 Å². The molecule has 5 rings (SSSR count). The van der Waals surface area contributed by atoms with E-state index in [1.54, 1.807) is 0 Å². The topological polar surface area (TPSA) is 25.4 Å². The third-order valence-corrected chi connectivity index (χ3v) is 6.98. The highest BCUT2D eigenvalue weighted by Gasteiger charge is 2.17. The van der Waals surface area contributed by atoms with E-state index in [-0.39, 0.29) is 0 Å². The van der Waals surface area contributed by atoms with Gasteiger partial charge in [-0.1, -0.05) is 42.5 Å². The van der Waals surface area contributed by atoms with Crippen LogP contribution in [-0.4, -0.2) is 36.2 Å². The first-order chi connectivity index (χ1) is 16.0. The van der Waals surface area contributed by atoms with Crippen LogP contribution < -0.4 is 0 Å². The molecule has 0 unspecified atom stereocenters. The van der Waals surface area contributed by atoms with Gasteiger partial charge < -0.3 is 4.74 Å². The van der Waals surface area contributed by atoms with Crippen molar-refractivity contribution in [2.75, 3.05) is 26.3 Å². The first kappa shape index (κ1) is 21.8. The molecule has 0 atom stereocenters. The molecule has 168 valence electrons. The van der Waals surface area contributed by atoms with Gasteiger partial charge in [0.15, 0.2) is 0 Å². The minimum atomic E-state index is 0.838. The minimum absolute atomic E-state index is 0.838. The Morgan fingerprint density at radius 3 is 2.21 bits per heavy atom. The Morgan fingerprint density at radius 1 is 0.818 bits per heavy atom. The van der Waals surface area contributed by atoms with Crippen LogP contribution in [0.1, 0.15) is 27.8 Å². The molecule has 4 aromatic rings. The molecule has 1 fully saturated rings. The number of aromatic nitrogens is 1. The van der Waals surface area contributed by atoms with Crippen molar-refractivity contribution in [3.63, 3.8) is 0 Å². The number of pyridine rings is 1. The summed E-state index contributed by atoms with van der Waals surface area (Å²) in [6.07, 6.45) is 1.95. The minimum Gasteiger partial charge on any atom is -0.379 e. The summed E-state index contributed by atoms with van der Waals surface area (Å²) in [6, 6.07) is 20.1. The monoisotopic (exact) mass is 436 g/mol. The number of benzene rings is 3. The Morgan fingerprint density at radius 2 is 1.52 bits per heavy atom. The molecule has 3 heteroatoms. The smallest absolute Gasteiger partial charge is 0.0713 e. The standard InChI is InChI=1S/C30H32N2O/c1-20-6-5-7-21(2)28(20)26-12-13-31-27-18-22(3)29(23(4)30(26)27)25-10-8-24(9-11-25)19-32-14-16-33-17-15-32/h5-13,18H,14-17,19H2,1-4H3. The molecule has 0 aliphatic carbocycles. The molecule has 0 N–H and O–H groups in total. The molecule has 0 amide bonds. The normalized spacial score (nSPS) is 14.7. The molecule has 3 aromatic carbocycles. The van der Waals surface area contributed by atoms with E-state index in [0.29, 0.717) is 0 Å². The maximum atomic E-state index is 5.49. The van der Waals surface area contributed by atoms with E-state index in [0.717, 1.165) is 38.4 Å². The summed E-state index contributed by atoms with van der Waals surface area (Å²) in [4.78, 5) is 7.21. The van der Waals surface area contributed by atoms with Crippen molar-refractivity contribution in [3.8, 4) is 22.3 Å². The zero-order valence-electron chi connectivity index (χ0n) is 20.1.